The second-order valence-electron chi connectivity index (χ2n) is 9.32. The third-order valence-electron chi connectivity index (χ3n) is 6.89. The highest BCUT2D eigenvalue weighted by Crippen LogP contribution is 2.36. The lowest BCUT2D eigenvalue weighted by molar-refractivity contribution is -0.131. The molecular formula is C28H27ClN4O2. The van der Waals surface area contributed by atoms with Crippen molar-refractivity contribution in [3.8, 4) is 11.1 Å². The number of amides is 2. The van der Waals surface area contributed by atoms with Crippen molar-refractivity contribution in [3.05, 3.63) is 95.0 Å². The van der Waals surface area contributed by atoms with Gasteiger partial charge in [0.1, 0.15) is 0 Å². The summed E-state index contributed by atoms with van der Waals surface area (Å²) in [7, 11) is 0. The van der Waals surface area contributed by atoms with E-state index in [9.17, 15) is 9.59 Å². The molecule has 1 saturated heterocycles. The molecule has 1 fully saturated rings. The van der Waals surface area contributed by atoms with Crippen molar-refractivity contribution in [1.82, 2.24) is 9.80 Å². The predicted octanol–water partition coefficient (Wildman–Crippen LogP) is 4.54. The van der Waals surface area contributed by atoms with E-state index in [4.69, 9.17) is 17.3 Å². The number of carbonyl (C=O) groups excluding carboxylic acids is 2. The van der Waals surface area contributed by atoms with Crippen LogP contribution in [-0.2, 0) is 10.3 Å². The van der Waals surface area contributed by atoms with Gasteiger partial charge in [0.2, 0.25) is 0 Å². The van der Waals surface area contributed by atoms with Gasteiger partial charge in [-0.3, -0.25) is 14.5 Å². The molecule has 0 bridgehead atoms. The predicted molar refractivity (Wildman–Crippen MR) is 138 cm³/mol. The number of nitrogens with two attached hydrogens (primary N) is 1. The molecule has 0 radical (unpaired) electrons. The van der Waals surface area contributed by atoms with Gasteiger partial charge in [0.05, 0.1) is 0 Å². The molecule has 2 aliphatic heterocycles. The van der Waals surface area contributed by atoms with Crippen LogP contribution in [0.25, 0.3) is 11.1 Å². The molecule has 2 heterocycles. The van der Waals surface area contributed by atoms with E-state index in [0.717, 1.165) is 23.1 Å². The summed E-state index contributed by atoms with van der Waals surface area (Å²) in [6, 6.07) is 24.7. The van der Waals surface area contributed by atoms with Gasteiger partial charge in [-0.25, -0.2) is 4.99 Å². The van der Waals surface area contributed by atoms with Crippen LogP contribution in [0, 0.1) is 5.92 Å². The summed E-state index contributed by atoms with van der Waals surface area (Å²) < 4.78 is 0. The average molecular weight is 487 g/mol. The molecule has 2 amide bonds. The van der Waals surface area contributed by atoms with Crippen molar-refractivity contribution in [2.75, 3.05) is 19.6 Å². The first kappa shape index (κ1) is 23.1. The molecule has 1 unspecified atom stereocenters. The summed E-state index contributed by atoms with van der Waals surface area (Å²) in [6.45, 7) is 3.50. The molecule has 2 aliphatic rings. The SMILES string of the molecule is CC1(c2cccc(-c3cccc(Cl)c3)c2)N=C(N)N(C[C@H]2CCN(C(=O)c3ccccc3)C2)C1=O. The fraction of sp³-hybridized carbons (Fsp3) is 0.250. The van der Waals surface area contributed by atoms with Gasteiger partial charge in [-0.15, -0.1) is 0 Å². The van der Waals surface area contributed by atoms with Crippen molar-refractivity contribution in [2.45, 2.75) is 18.9 Å². The van der Waals surface area contributed by atoms with E-state index in [2.05, 4.69) is 4.99 Å². The molecular weight excluding hydrogens is 460 g/mol. The first-order valence-electron chi connectivity index (χ1n) is 11.7. The zero-order valence-corrected chi connectivity index (χ0v) is 20.3. The van der Waals surface area contributed by atoms with Gasteiger partial charge in [-0.1, -0.05) is 60.1 Å². The monoisotopic (exact) mass is 486 g/mol. The van der Waals surface area contributed by atoms with E-state index in [1.54, 1.807) is 11.8 Å². The minimum atomic E-state index is -1.10. The normalized spacial score (nSPS) is 21.9. The van der Waals surface area contributed by atoms with Gasteiger partial charge in [0.25, 0.3) is 11.8 Å². The molecule has 3 aromatic carbocycles. The Bertz CT molecular complexity index is 1310. The van der Waals surface area contributed by atoms with E-state index in [1.165, 1.54) is 0 Å². The highest BCUT2D eigenvalue weighted by molar-refractivity contribution is 6.30. The van der Waals surface area contributed by atoms with Crippen LogP contribution in [-0.4, -0.2) is 47.2 Å². The third-order valence-corrected chi connectivity index (χ3v) is 7.13. The fourth-order valence-corrected chi connectivity index (χ4v) is 5.12. The van der Waals surface area contributed by atoms with E-state index in [0.29, 0.717) is 30.2 Å². The number of benzene rings is 3. The summed E-state index contributed by atoms with van der Waals surface area (Å²) in [5.74, 6) is 0.232. The number of hydrogen-bond acceptors (Lipinski definition) is 4. The Morgan fingerprint density at radius 2 is 1.77 bits per heavy atom. The Balaban J connectivity index is 1.31. The van der Waals surface area contributed by atoms with Crippen LogP contribution in [0.1, 0.15) is 29.3 Å². The second kappa shape index (κ2) is 9.19. The molecule has 178 valence electrons. The minimum Gasteiger partial charge on any atom is -0.369 e. The summed E-state index contributed by atoms with van der Waals surface area (Å²) in [5.41, 5.74) is 8.55. The average Bonchev–Trinajstić information content (AvgIpc) is 3.43. The Kier molecular flexibility index (Phi) is 6.07. The summed E-state index contributed by atoms with van der Waals surface area (Å²) in [6.07, 6.45) is 0.816. The van der Waals surface area contributed by atoms with E-state index < -0.39 is 5.54 Å². The number of rotatable bonds is 5. The Morgan fingerprint density at radius 1 is 1.06 bits per heavy atom. The zero-order valence-electron chi connectivity index (χ0n) is 19.5. The first-order chi connectivity index (χ1) is 16.8. The van der Waals surface area contributed by atoms with Crippen LogP contribution < -0.4 is 5.73 Å². The van der Waals surface area contributed by atoms with Gasteiger partial charge in [0, 0.05) is 30.2 Å². The van der Waals surface area contributed by atoms with Crippen molar-refractivity contribution in [2.24, 2.45) is 16.6 Å². The maximum atomic E-state index is 13.6. The van der Waals surface area contributed by atoms with E-state index >= 15 is 0 Å². The molecule has 5 rings (SSSR count). The quantitative estimate of drug-likeness (QED) is 0.575. The van der Waals surface area contributed by atoms with Crippen LogP contribution in [0.15, 0.2) is 83.9 Å². The molecule has 6 nitrogen and oxygen atoms in total. The molecule has 35 heavy (non-hydrogen) atoms. The number of guanidine groups is 1. The number of carbonyl (C=O) groups is 2. The topological polar surface area (TPSA) is 79.0 Å². The Hall–Kier alpha value is -3.64. The lowest BCUT2D eigenvalue weighted by atomic mass is 9.89. The second-order valence-corrected chi connectivity index (χ2v) is 9.76. The zero-order chi connectivity index (χ0) is 24.6. The molecule has 7 heteroatoms. The van der Waals surface area contributed by atoms with Crippen molar-refractivity contribution in [1.29, 1.82) is 0 Å². The highest BCUT2D eigenvalue weighted by atomic mass is 35.5. The minimum absolute atomic E-state index is 0.0187. The number of likely N-dealkylation sites (tertiary alicyclic amines) is 1. The van der Waals surface area contributed by atoms with Crippen LogP contribution in [0.2, 0.25) is 5.02 Å². The molecule has 0 spiro atoms. The Morgan fingerprint density at radius 3 is 2.51 bits per heavy atom. The number of nitrogens with zero attached hydrogens (tertiary/aromatic N) is 3. The van der Waals surface area contributed by atoms with E-state index in [1.807, 2.05) is 83.8 Å². The highest BCUT2D eigenvalue weighted by Gasteiger charge is 2.46. The van der Waals surface area contributed by atoms with E-state index in [-0.39, 0.29) is 23.7 Å². The third kappa shape index (κ3) is 4.42. The number of halogens is 1. The summed E-state index contributed by atoms with van der Waals surface area (Å²) in [5, 5.41) is 0.654. The smallest absolute Gasteiger partial charge is 0.261 e. The largest absolute Gasteiger partial charge is 0.369 e. The van der Waals surface area contributed by atoms with Crippen LogP contribution in [0.4, 0.5) is 0 Å². The molecule has 2 atom stereocenters. The van der Waals surface area contributed by atoms with Crippen LogP contribution >= 0.6 is 11.6 Å². The summed E-state index contributed by atoms with van der Waals surface area (Å²) >= 11 is 6.17. The molecule has 0 aliphatic carbocycles. The number of aliphatic imine (C=N–C) groups is 1. The maximum Gasteiger partial charge on any atom is 0.261 e. The van der Waals surface area contributed by atoms with Gasteiger partial charge in [-0.05, 0) is 66.3 Å². The number of hydrogen-bond donors (Lipinski definition) is 1. The van der Waals surface area contributed by atoms with Gasteiger partial charge in [0.15, 0.2) is 11.5 Å². The van der Waals surface area contributed by atoms with Crippen LogP contribution in [0.5, 0.6) is 0 Å². The summed E-state index contributed by atoms with van der Waals surface area (Å²) in [4.78, 5) is 34.4. The van der Waals surface area contributed by atoms with Gasteiger partial charge >= 0.3 is 0 Å². The van der Waals surface area contributed by atoms with Gasteiger partial charge < -0.3 is 10.6 Å². The molecule has 3 aromatic rings. The van der Waals surface area contributed by atoms with Crippen molar-refractivity contribution < 1.29 is 9.59 Å². The maximum absolute atomic E-state index is 13.6. The molecule has 2 N–H and O–H groups in total. The van der Waals surface area contributed by atoms with Gasteiger partial charge in [-0.2, -0.15) is 0 Å². The lowest BCUT2D eigenvalue weighted by Crippen LogP contribution is -2.44. The van der Waals surface area contributed by atoms with Crippen molar-refractivity contribution in [3.63, 3.8) is 0 Å². The van der Waals surface area contributed by atoms with Crippen LogP contribution in [0.3, 0.4) is 0 Å². The lowest BCUT2D eigenvalue weighted by Gasteiger charge is -2.25. The fourth-order valence-electron chi connectivity index (χ4n) is 4.93. The first-order valence-corrected chi connectivity index (χ1v) is 12.1. The molecule has 0 aromatic heterocycles. The molecule has 0 saturated carbocycles. The van der Waals surface area contributed by atoms with Crippen molar-refractivity contribution >= 4 is 29.4 Å². The standard InChI is InChI=1S/C28H27ClN4O2/c1-28(23-11-5-9-21(15-23)22-10-6-12-24(29)16-22)26(35)33(27(30)31-28)18-19-13-14-32(17-19)25(34)20-7-3-2-4-8-20/h2-12,15-16,19H,13-14,17-18H2,1H3,(H2,30,31)/t19-,28?/m0/s1. The Labute approximate surface area is 210 Å².